The van der Waals surface area contributed by atoms with Gasteiger partial charge in [-0.1, -0.05) is 0 Å². The van der Waals surface area contributed by atoms with Crippen molar-refractivity contribution < 1.29 is 14.2 Å². The molecule has 0 atom stereocenters. The molecule has 0 unspecified atom stereocenters. The van der Waals surface area contributed by atoms with Gasteiger partial charge in [0.05, 0.1) is 25.4 Å². The largest absolute Gasteiger partial charge is 0.392 e. The van der Waals surface area contributed by atoms with Crippen LogP contribution in [0.5, 0.6) is 0 Å². The average molecular weight is 240 g/mol. The highest BCUT2D eigenvalue weighted by molar-refractivity contribution is 5.46. The molecular weight excluding hydrogens is 223 g/mol. The Labute approximate surface area is 100 Å². The van der Waals surface area contributed by atoms with E-state index in [-0.39, 0.29) is 17.7 Å². The summed E-state index contributed by atoms with van der Waals surface area (Å²) in [4.78, 5) is 5.98. The van der Waals surface area contributed by atoms with Crippen molar-refractivity contribution in [3.8, 4) is 0 Å². The maximum absolute atomic E-state index is 14.1. The molecule has 1 aromatic rings. The minimum Gasteiger partial charge on any atom is -0.392 e. The van der Waals surface area contributed by atoms with Gasteiger partial charge in [-0.25, -0.2) is 9.37 Å². The molecule has 1 N–H and O–H groups in total. The van der Waals surface area contributed by atoms with Crippen LogP contribution in [0.2, 0.25) is 0 Å². The Kier molecular flexibility index (Phi) is 3.31. The van der Waals surface area contributed by atoms with Gasteiger partial charge < -0.3 is 14.7 Å². The quantitative estimate of drug-likeness (QED) is 0.847. The van der Waals surface area contributed by atoms with Crippen LogP contribution in [0.3, 0.4) is 0 Å². The maximum Gasteiger partial charge on any atom is 0.171 e. The van der Waals surface area contributed by atoms with Crippen LogP contribution in [-0.4, -0.2) is 35.4 Å². The van der Waals surface area contributed by atoms with Crippen molar-refractivity contribution in [1.29, 1.82) is 0 Å². The van der Waals surface area contributed by atoms with Crippen LogP contribution in [0.1, 0.15) is 19.4 Å². The zero-order valence-corrected chi connectivity index (χ0v) is 10.1. The zero-order valence-electron chi connectivity index (χ0n) is 10.1. The molecule has 1 aliphatic heterocycles. The summed E-state index contributed by atoms with van der Waals surface area (Å²) in [5.74, 6) is -0.144. The van der Waals surface area contributed by atoms with E-state index in [1.54, 1.807) is 0 Å². The Balaban J connectivity index is 2.39. The number of rotatable bonds is 2. The summed E-state index contributed by atoms with van der Waals surface area (Å²) in [6.07, 6.45) is 1.52. The summed E-state index contributed by atoms with van der Waals surface area (Å²) in [6.45, 7) is 5.36. The highest BCUT2D eigenvalue weighted by Gasteiger charge is 2.33. The summed E-state index contributed by atoms with van der Waals surface area (Å²) in [5.41, 5.74) is -0.0162. The number of pyridine rings is 1. The Morgan fingerprint density at radius 3 is 3.00 bits per heavy atom. The van der Waals surface area contributed by atoms with Crippen molar-refractivity contribution in [3.05, 3.63) is 23.6 Å². The molecule has 1 saturated heterocycles. The van der Waals surface area contributed by atoms with Crippen LogP contribution < -0.4 is 4.90 Å². The van der Waals surface area contributed by atoms with E-state index in [1.165, 1.54) is 12.3 Å². The van der Waals surface area contributed by atoms with Crippen molar-refractivity contribution >= 4 is 5.82 Å². The second-order valence-corrected chi connectivity index (χ2v) is 4.78. The van der Waals surface area contributed by atoms with Gasteiger partial charge >= 0.3 is 0 Å². The molecule has 0 bridgehead atoms. The topological polar surface area (TPSA) is 45.6 Å². The van der Waals surface area contributed by atoms with Crippen molar-refractivity contribution in [3.63, 3.8) is 0 Å². The van der Waals surface area contributed by atoms with Gasteiger partial charge in [-0.2, -0.15) is 0 Å². The predicted molar refractivity (Wildman–Crippen MR) is 62.4 cm³/mol. The van der Waals surface area contributed by atoms with E-state index in [1.807, 2.05) is 18.7 Å². The Morgan fingerprint density at radius 1 is 1.59 bits per heavy atom. The number of morpholine rings is 1. The minimum absolute atomic E-state index is 0.275. The Hall–Kier alpha value is -1.20. The molecule has 0 radical (unpaired) electrons. The van der Waals surface area contributed by atoms with Gasteiger partial charge in [0.25, 0.3) is 0 Å². The van der Waals surface area contributed by atoms with Crippen molar-refractivity contribution in [2.75, 3.05) is 24.7 Å². The molecule has 1 aliphatic rings. The summed E-state index contributed by atoms with van der Waals surface area (Å²) < 4.78 is 19.5. The van der Waals surface area contributed by atoms with Gasteiger partial charge in [0.1, 0.15) is 0 Å². The fraction of sp³-hybridized carbons (Fsp3) is 0.583. The average Bonchev–Trinajstić information content (AvgIpc) is 2.30. The lowest BCUT2D eigenvalue weighted by molar-refractivity contribution is 0.0634. The van der Waals surface area contributed by atoms with E-state index in [4.69, 9.17) is 9.84 Å². The lowest BCUT2D eigenvalue weighted by Gasteiger charge is -2.43. The van der Waals surface area contributed by atoms with Gasteiger partial charge in [-0.05, 0) is 19.9 Å². The molecule has 0 aromatic carbocycles. The molecule has 1 aromatic heterocycles. The molecule has 2 heterocycles. The highest BCUT2D eigenvalue weighted by atomic mass is 19.1. The summed E-state index contributed by atoms with van der Waals surface area (Å²) in [7, 11) is 0. The highest BCUT2D eigenvalue weighted by Crippen LogP contribution is 2.28. The Bertz CT molecular complexity index is 409. The molecule has 94 valence electrons. The molecular formula is C12H17FN2O2. The monoisotopic (exact) mass is 240 g/mol. The standard InChI is InChI=1S/C12H17FN2O2/c1-12(2)8-17-6-5-15(12)11-10(13)9(7-16)3-4-14-11/h3-4,16H,5-8H2,1-2H3. The lowest BCUT2D eigenvalue weighted by Crippen LogP contribution is -2.53. The van der Waals surface area contributed by atoms with E-state index in [9.17, 15) is 4.39 Å². The van der Waals surface area contributed by atoms with Crippen LogP contribution in [0.25, 0.3) is 0 Å². The summed E-state index contributed by atoms with van der Waals surface area (Å²) in [5, 5.41) is 9.06. The van der Waals surface area contributed by atoms with Crippen LogP contribution >= 0.6 is 0 Å². The van der Waals surface area contributed by atoms with Crippen molar-refractivity contribution in [1.82, 2.24) is 4.98 Å². The smallest absolute Gasteiger partial charge is 0.171 e. The van der Waals surface area contributed by atoms with E-state index in [0.29, 0.717) is 25.6 Å². The second kappa shape index (κ2) is 4.58. The van der Waals surface area contributed by atoms with Crippen LogP contribution in [0, 0.1) is 5.82 Å². The fourth-order valence-electron chi connectivity index (χ4n) is 2.03. The van der Waals surface area contributed by atoms with Crippen LogP contribution in [-0.2, 0) is 11.3 Å². The van der Waals surface area contributed by atoms with Gasteiger partial charge in [-0.15, -0.1) is 0 Å². The number of anilines is 1. The normalized spacial score (nSPS) is 19.4. The number of hydrogen-bond donors (Lipinski definition) is 1. The first-order chi connectivity index (χ1) is 8.06. The third-order valence-electron chi connectivity index (χ3n) is 3.02. The summed E-state index contributed by atoms with van der Waals surface area (Å²) in [6, 6.07) is 1.49. The predicted octanol–water partition coefficient (Wildman–Crippen LogP) is 1.33. The number of aromatic nitrogens is 1. The SMILES string of the molecule is CC1(C)COCCN1c1nccc(CO)c1F. The van der Waals surface area contributed by atoms with Gasteiger partial charge in [0.15, 0.2) is 11.6 Å². The molecule has 0 aliphatic carbocycles. The number of halogens is 1. The van der Waals surface area contributed by atoms with E-state index >= 15 is 0 Å². The molecule has 0 saturated carbocycles. The first-order valence-electron chi connectivity index (χ1n) is 5.66. The van der Waals surface area contributed by atoms with Crippen molar-refractivity contribution in [2.45, 2.75) is 26.0 Å². The van der Waals surface area contributed by atoms with E-state index < -0.39 is 5.82 Å². The maximum atomic E-state index is 14.1. The molecule has 17 heavy (non-hydrogen) atoms. The third kappa shape index (κ3) is 2.25. The molecule has 1 fully saturated rings. The fourth-order valence-corrected chi connectivity index (χ4v) is 2.03. The molecule has 0 spiro atoms. The van der Waals surface area contributed by atoms with Crippen LogP contribution in [0.15, 0.2) is 12.3 Å². The number of ether oxygens (including phenoxy) is 1. The first kappa shape index (κ1) is 12.3. The van der Waals surface area contributed by atoms with Gasteiger partial charge in [0, 0.05) is 18.3 Å². The Morgan fingerprint density at radius 2 is 2.35 bits per heavy atom. The van der Waals surface area contributed by atoms with Gasteiger partial charge in [0.2, 0.25) is 0 Å². The summed E-state index contributed by atoms with van der Waals surface area (Å²) >= 11 is 0. The van der Waals surface area contributed by atoms with Crippen LogP contribution in [0.4, 0.5) is 10.2 Å². The number of hydrogen-bond acceptors (Lipinski definition) is 4. The third-order valence-corrected chi connectivity index (χ3v) is 3.02. The van der Waals surface area contributed by atoms with Crippen molar-refractivity contribution in [2.24, 2.45) is 0 Å². The number of nitrogens with zero attached hydrogens (tertiary/aromatic N) is 2. The molecule has 4 nitrogen and oxygen atoms in total. The second-order valence-electron chi connectivity index (χ2n) is 4.78. The minimum atomic E-state index is -0.440. The van der Waals surface area contributed by atoms with Gasteiger partial charge in [-0.3, -0.25) is 0 Å². The van der Waals surface area contributed by atoms with E-state index in [0.717, 1.165) is 0 Å². The number of aliphatic hydroxyl groups excluding tert-OH is 1. The number of aliphatic hydroxyl groups is 1. The van der Waals surface area contributed by atoms with E-state index in [2.05, 4.69) is 4.98 Å². The zero-order chi connectivity index (χ0) is 12.5. The molecule has 5 heteroatoms. The first-order valence-corrected chi connectivity index (χ1v) is 5.66. The lowest BCUT2D eigenvalue weighted by atomic mass is 10.0. The molecule has 2 rings (SSSR count). The molecule has 0 amide bonds.